The van der Waals surface area contributed by atoms with Crippen LogP contribution < -0.4 is 10.1 Å². The lowest BCUT2D eigenvalue weighted by Gasteiger charge is -2.49. The van der Waals surface area contributed by atoms with E-state index in [-0.39, 0.29) is 34.9 Å². The minimum atomic E-state index is -0.415. The van der Waals surface area contributed by atoms with E-state index in [0.29, 0.717) is 18.6 Å². The van der Waals surface area contributed by atoms with Gasteiger partial charge in [0.15, 0.2) is 18.2 Å². The number of benzene rings is 3. The van der Waals surface area contributed by atoms with Crippen molar-refractivity contribution < 1.29 is 19.1 Å². The van der Waals surface area contributed by atoms with Gasteiger partial charge in [-0.25, -0.2) is 0 Å². The molecule has 3 aromatic rings. The van der Waals surface area contributed by atoms with Gasteiger partial charge in [-0.3, -0.25) is 14.4 Å². The fraction of sp³-hybridized carbons (Fsp3) is 0.390. The van der Waals surface area contributed by atoms with E-state index in [4.69, 9.17) is 4.74 Å². The van der Waals surface area contributed by atoms with Crippen LogP contribution in [0.2, 0.25) is 0 Å². The van der Waals surface area contributed by atoms with Crippen LogP contribution in [0.5, 0.6) is 5.75 Å². The predicted molar refractivity (Wildman–Crippen MR) is 186 cm³/mol. The summed E-state index contributed by atoms with van der Waals surface area (Å²) in [6.45, 7) is 13.2. The van der Waals surface area contributed by atoms with Crippen molar-refractivity contribution in [3.8, 4) is 5.75 Å². The van der Waals surface area contributed by atoms with E-state index in [1.54, 1.807) is 0 Å². The third kappa shape index (κ3) is 6.97. The molecule has 0 bridgehead atoms. The Bertz CT molecular complexity index is 1730. The Kier molecular flexibility index (Phi) is 8.73. The number of carbonyl (C=O) groups excluding carboxylic acids is 3. The molecule has 1 heterocycles. The molecule has 0 atom stereocenters. The summed E-state index contributed by atoms with van der Waals surface area (Å²) in [6.07, 6.45) is 3.29. The Hall–Kier alpha value is -4.45. The molecule has 3 aliphatic rings. The summed E-state index contributed by atoms with van der Waals surface area (Å²) in [7, 11) is 0. The smallest absolute Gasteiger partial charge is 0.262 e. The molecule has 244 valence electrons. The van der Waals surface area contributed by atoms with Gasteiger partial charge in [0, 0.05) is 53.5 Å². The van der Waals surface area contributed by atoms with Crippen molar-refractivity contribution in [1.29, 1.82) is 0 Å². The van der Waals surface area contributed by atoms with E-state index < -0.39 is 5.92 Å². The lowest BCUT2D eigenvalue weighted by atomic mass is 9.63. The van der Waals surface area contributed by atoms with Crippen molar-refractivity contribution in [2.45, 2.75) is 79.6 Å². The van der Waals surface area contributed by atoms with E-state index in [1.807, 2.05) is 62.4 Å². The first-order chi connectivity index (χ1) is 22.3. The second-order valence-corrected chi connectivity index (χ2v) is 15.1. The van der Waals surface area contributed by atoms with Gasteiger partial charge in [-0.2, -0.15) is 0 Å². The van der Waals surface area contributed by atoms with Crippen molar-refractivity contribution in [2.24, 2.45) is 10.8 Å². The molecule has 0 saturated heterocycles. The molecule has 6 heteroatoms. The maximum atomic E-state index is 14.1. The van der Waals surface area contributed by atoms with E-state index >= 15 is 0 Å². The van der Waals surface area contributed by atoms with Crippen LogP contribution in [0.25, 0.3) is 0 Å². The van der Waals surface area contributed by atoms with E-state index in [0.717, 1.165) is 70.7 Å². The first-order valence-corrected chi connectivity index (χ1v) is 16.7. The Morgan fingerprint density at radius 1 is 0.809 bits per heavy atom. The van der Waals surface area contributed by atoms with Gasteiger partial charge in [-0.15, -0.1) is 0 Å². The van der Waals surface area contributed by atoms with Gasteiger partial charge in [-0.1, -0.05) is 82.3 Å². The third-order valence-corrected chi connectivity index (χ3v) is 9.74. The van der Waals surface area contributed by atoms with Gasteiger partial charge in [0.2, 0.25) is 0 Å². The average molecular weight is 631 g/mol. The lowest BCUT2D eigenvalue weighted by Crippen LogP contribution is -2.45. The fourth-order valence-corrected chi connectivity index (χ4v) is 7.50. The fourth-order valence-electron chi connectivity index (χ4n) is 7.50. The Morgan fingerprint density at radius 2 is 1.40 bits per heavy atom. The Balaban J connectivity index is 1.32. The largest absolute Gasteiger partial charge is 0.484 e. The minimum Gasteiger partial charge on any atom is -0.484 e. The van der Waals surface area contributed by atoms with Crippen molar-refractivity contribution >= 4 is 23.2 Å². The van der Waals surface area contributed by atoms with Crippen LogP contribution in [0.4, 0.5) is 5.69 Å². The molecule has 47 heavy (non-hydrogen) atoms. The van der Waals surface area contributed by atoms with Crippen molar-refractivity contribution in [3.05, 3.63) is 118 Å². The zero-order valence-electron chi connectivity index (χ0n) is 28.5. The maximum Gasteiger partial charge on any atom is 0.262 e. The zero-order chi connectivity index (χ0) is 33.5. The summed E-state index contributed by atoms with van der Waals surface area (Å²) >= 11 is 0. The van der Waals surface area contributed by atoms with Gasteiger partial charge >= 0.3 is 0 Å². The van der Waals surface area contributed by atoms with Crippen LogP contribution in [0.3, 0.4) is 0 Å². The summed E-state index contributed by atoms with van der Waals surface area (Å²) in [4.78, 5) is 43.3. The molecule has 1 N–H and O–H groups in total. The predicted octanol–water partition coefficient (Wildman–Crippen LogP) is 8.25. The van der Waals surface area contributed by atoms with Gasteiger partial charge < -0.3 is 15.0 Å². The van der Waals surface area contributed by atoms with Crippen LogP contribution in [0, 0.1) is 24.7 Å². The highest BCUT2D eigenvalue weighted by Crippen LogP contribution is 2.54. The maximum absolute atomic E-state index is 14.1. The number of ketones is 2. The summed E-state index contributed by atoms with van der Waals surface area (Å²) in [5, 5.41) is 2.94. The number of rotatable bonds is 8. The standard InChI is InChI=1S/C41H46N2O4/c1-26-12-13-27(2)31(20-26)42-36(46)25-47-30-16-14-29(15-17-30)37-38-32(21-40(3,4)23-34(38)44)43(19-18-28-10-8-7-9-11-28)33-22-41(5,6)24-35(45)39(33)37/h7-17,20,37H,18-19,21-25H2,1-6H3,(H,42,46). The number of Topliss-reactive ketones (excluding diaryl/α,β-unsaturated/α-hetero) is 2. The molecular formula is C41H46N2O4. The Labute approximate surface area is 278 Å². The molecule has 0 unspecified atom stereocenters. The highest BCUT2D eigenvalue weighted by Gasteiger charge is 2.48. The average Bonchev–Trinajstić information content (AvgIpc) is 3.00. The minimum absolute atomic E-state index is 0.124. The van der Waals surface area contributed by atoms with Gasteiger partial charge in [0.25, 0.3) is 5.91 Å². The summed E-state index contributed by atoms with van der Waals surface area (Å²) in [5.74, 6) is 0.154. The van der Waals surface area contributed by atoms with Gasteiger partial charge in [-0.05, 0) is 84.4 Å². The summed E-state index contributed by atoms with van der Waals surface area (Å²) in [6, 6.07) is 24.0. The second kappa shape index (κ2) is 12.6. The van der Waals surface area contributed by atoms with Crippen LogP contribution in [0.15, 0.2) is 95.3 Å². The molecule has 6 rings (SSSR count). The summed E-state index contributed by atoms with van der Waals surface area (Å²) in [5.41, 5.74) is 8.30. The molecule has 1 aliphatic heterocycles. The number of nitrogens with zero attached hydrogens (tertiary/aromatic N) is 1. The number of carbonyl (C=O) groups is 3. The van der Waals surface area contributed by atoms with Crippen LogP contribution >= 0.6 is 0 Å². The van der Waals surface area contributed by atoms with E-state index in [2.05, 4.69) is 62.2 Å². The molecular weight excluding hydrogens is 584 g/mol. The van der Waals surface area contributed by atoms with Gasteiger partial charge in [0.05, 0.1) is 0 Å². The van der Waals surface area contributed by atoms with E-state index in [9.17, 15) is 14.4 Å². The zero-order valence-corrected chi connectivity index (χ0v) is 28.5. The first-order valence-electron chi connectivity index (χ1n) is 16.7. The number of anilines is 1. The highest BCUT2D eigenvalue weighted by molar-refractivity contribution is 6.06. The van der Waals surface area contributed by atoms with Crippen LogP contribution in [0.1, 0.15) is 81.5 Å². The number of nitrogens with one attached hydrogen (secondary N) is 1. The molecule has 1 amide bonds. The number of amides is 1. The monoisotopic (exact) mass is 630 g/mol. The number of allylic oxidation sites excluding steroid dienone is 4. The highest BCUT2D eigenvalue weighted by atomic mass is 16.5. The van der Waals surface area contributed by atoms with Crippen LogP contribution in [-0.2, 0) is 20.8 Å². The number of aryl methyl sites for hydroxylation is 2. The Morgan fingerprint density at radius 3 is 2.00 bits per heavy atom. The molecule has 0 aromatic heterocycles. The SMILES string of the molecule is Cc1ccc(C)c(NC(=O)COc2ccc(C3C4=C(CC(C)(C)CC4=O)N(CCc4ccccc4)C4=C3C(=O)CC(C)(C)C4)cc2)c1. The molecule has 0 fully saturated rings. The molecule has 0 saturated carbocycles. The molecule has 0 radical (unpaired) electrons. The molecule has 3 aromatic carbocycles. The molecule has 0 spiro atoms. The number of ether oxygens (including phenoxy) is 1. The third-order valence-electron chi connectivity index (χ3n) is 9.74. The quantitative estimate of drug-likeness (QED) is 0.271. The summed E-state index contributed by atoms with van der Waals surface area (Å²) < 4.78 is 5.88. The number of hydrogen-bond acceptors (Lipinski definition) is 5. The topological polar surface area (TPSA) is 75.7 Å². The normalized spacial score (nSPS) is 19.0. The first kappa shape index (κ1) is 32.5. The molecule has 2 aliphatic carbocycles. The van der Waals surface area contributed by atoms with Crippen molar-refractivity contribution in [3.63, 3.8) is 0 Å². The van der Waals surface area contributed by atoms with Crippen LogP contribution in [-0.4, -0.2) is 35.5 Å². The second-order valence-electron chi connectivity index (χ2n) is 15.1. The van der Waals surface area contributed by atoms with Gasteiger partial charge in [0.1, 0.15) is 5.75 Å². The number of hydrogen-bond donors (Lipinski definition) is 1. The molecule has 6 nitrogen and oxygen atoms in total. The van der Waals surface area contributed by atoms with Crippen molar-refractivity contribution in [2.75, 3.05) is 18.5 Å². The van der Waals surface area contributed by atoms with Crippen molar-refractivity contribution in [1.82, 2.24) is 4.90 Å². The lowest BCUT2D eigenvalue weighted by molar-refractivity contribution is -0.120. The van der Waals surface area contributed by atoms with E-state index in [1.165, 1.54) is 5.56 Å².